The molecular formula is C21H19ClO5. The van der Waals surface area contributed by atoms with Gasteiger partial charge in [-0.25, -0.2) is 4.79 Å². The van der Waals surface area contributed by atoms with Crippen LogP contribution in [0, 0.1) is 13.8 Å². The van der Waals surface area contributed by atoms with Crippen LogP contribution in [0.2, 0.25) is 5.02 Å². The minimum Gasteiger partial charge on any atom is -0.496 e. The van der Waals surface area contributed by atoms with Gasteiger partial charge in [0.2, 0.25) is 0 Å². The first-order chi connectivity index (χ1) is 12.9. The summed E-state index contributed by atoms with van der Waals surface area (Å²) in [6.45, 7) is 3.72. The summed E-state index contributed by atoms with van der Waals surface area (Å²) < 4.78 is 15.9. The summed E-state index contributed by atoms with van der Waals surface area (Å²) in [5.74, 6) is 0.212. The minimum absolute atomic E-state index is 0.0472. The van der Waals surface area contributed by atoms with Crippen molar-refractivity contribution in [2.24, 2.45) is 0 Å². The Morgan fingerprint density at radius 2 is 1.89 bits per heavy atom. The van der Waals surface area contributed by atoms with E-state index in [1.165, 1.54) is 6.07 Å². The molecule has 0 saturated carbocycles. The number of rotatable bonds is 5. The van der Waals surface area contributed by atoms with Crippen LogP contribution < -0.4 is 10.4 Å². The maximum atomic E-state index is 12.3. The fourth-order valence-electron chi connectivity index (χ4n) is 2.88. The van der Waals surface area contributed by atoms with Crippen molar-refractivity contribution in [2.45, 2.75) is 26.9 Å². The molecule has 0 atom stereocenters. The first kappa shape index (κ1) is 19.0. The van der Waals surface area contributed by atoms with E-state index >= 15 is 0 Å². The van der Waals surface area contributed by atoms with Crippen LogP contribution in [-0.2, 0) is 22.6 Å². The van der Waals surface area contributed by atoms with Crippen LogP contribution in [0.4, 0.5) is 0 Å². The van der Waals surface area contributed by atoms with Gasteiger partial charge < -0.3 is 13.9 Å². The third-order valence-corrected chi connectivity index (χ3v) is 4.68. The highest BCUT2D eigenvalue weighted by atomic mass is 35.5. The zero-order valence-corrected chi connectivity index (χ0v) is 16.1. The predicted molar refractivity (Wildman–Crippen MR) is 103 cm³/mol. The standard InChI is InChI=1S/C21H19ClO5/c1-12-4-5-18(25-3)14(6-12)8-20(23)26-11-15-9-21(24)27-19-7-13(2)17(22)10-16(15)19/h4-7,9-10H,8,11H2,1-3H3. The molecule has 27 heavy (non-hydrogen) atoms. The van der Waals surface area contributed by atoms with Crippen molar-refractivity contribution in [3.8, 4) is 5.75 Å². The molecule has 3 rings (SSSR count). The lowest BCUT2D eigenvalue weighted by atomic mass is 10.1. The van der Waals surface area contributed by atoms with Crippen molar-refractivity contribution >= 4 is 28.5 Å². The van der Waals surface area contributed by atoms with Gasteiger partial charge in [-0.3, -0.25) is 4.79 Å². The molecule has 0 unspecified atom stereocenters. The number of hydrogen-bond acceptors (Lipinski definition) is 5. The molecule has 0 bridgehead atoms. The SMILES string of the molecule is COc1ccc(C)cc1CC(=O)OCc1cc(=O)oc2cc(C)c(Cl)cc12. The average Bonchev–Trinajstić information content (AvgIpc) is 2.61. The summed E-state index contributed by atoms with van der Waals surface area (Å²) in [6, 6.07) is 10.3. The van der Waals surface area contributed by atoms with Gasteiger partial charge in [0, 0.05) is 27.6 Å². The topological polar surface area (TPSA) is 65.7 Å². The first-order valence-electron chi connectivity index (χ1n) is 8.39. The van der Waals surface area contributed by atoms with Gasteiger partial charge in [-0.2, -0.15) is 0 Å². The minimum atomic E-state index is -0.504. The summed E-state index contributed by atoms with van der Waals surface area (Å²) in [5, 5.41) is 1.19. The van der Waals surface area contributed by atoms with E-state index in [0.29, 0.717) is 27.3 Å². The van der Waals surface area contributed by atoms with E-state index < -0.39 is 11.6 Å². The van der Waals surface area contributed by atoms with E-state index in [0.717, 1.165) is 16.7 Å². The fourth-order valence-corrected chi connectivity index (χ4v) is 3.04. The Hall–Kier alpha value is -2.79. The average molecular weight is 387 g/mol. The Bertz CT molecular complexity index is 1070. The molecule has 1 heterocycles. The highest BCUT2D eigenvalue weighted by Crippen LogP contribution is 2.26. The molecule has 140 valence electrons. The van der Waals surface area contributed by atoms with Crippen molar-refractivity contribution in [3.05, 3.63) is 74.1 Å². The van der Waals surface area contributed by atoms with E-state index in [2.05, 4.69) is 0 Å². The number of hydrogen-bond donors (Lipinski definition) is 0. The second-order valence-electron chi connectivity index (χ2n) is 6.34. The fraction of sp³-hybridized carbons (Fsp3) is 0.238. The van der Waals surface area contributed by atoms with E-state index in [1.54, 1.807) is 19.2 Å². The van der Waals surface area contributed by atoms with Crippen molar-refractivity contribution < 1.29 is 18.7 Å². The van der Waals surface area contributed by atoms with Crippen LogP contribution in [0.5, 0.6) is 5.75 Å². The zero-order chi connectivity index (χ0) is 19.6. The smallest absolute Gasteiger partial charge is 0.336 e. The van der Waals surface area contributed by atoms with Crippen molar-refractivity contribution in [1.82, 2.24) is 0 Å². The molecule has 0 N–H and O–H groups in total. The van der Waals surface area contributed by atoms with Gasteiger partial charge in [-0.15, -0.1) is 0 Å². The summed E-state index contributed by atoms with van der Waals surface area (Å²) in [5.41, 5.74) is 3.03. The number of esters is 1. The normalized spacial score (nSPS) is 10.8. The predicted octanol–water partition coefficient (Wildman–Crippen LogP) is 4.36. The van der Waals surface area contributed by atoms with Gasteiger partial charge in [-0.05, 0) is 37.6 Å². The number of ether oxygens (including phenoxy) is 2. The summed E-state index contributed by atoms with van der Waals surface area (Å²) in [6.07, 6.45) is 0.0735. The number of benzene rings is 2. The number of fused-ring (bicyclic) bond motifs is 1. The molecule has 5 nitrogen and oxygen atoms in total. The van der Waals surface area contributed by atoms with Gasteiger partial charge >= 0.3 is 11.6 Å². The molecule has 3 aromatic rings. The van der Waals surface area contributed by atoms with Crippen LogP contribution in [-0.4, -0.2) is 13.1 Å². The van der Waals surface area contributed by atoms with Gasteiger partial charge in [0.05, 0.1) is 13.5 Å². The van der Waals surface area contributed by atoms with E-state index in [1.807, 2.05) is 32.0 Å². The Morgan fingerprint density at radius 3 is 2.63 bits per heavy atom. The van der Waals surface area contributed by atoms with Gasteiger partial charge in [-0.1, -0.05) is 29.3 Å². The van der Waals surface area contributed by atoms with E-state index in [4.69, 9.17) is 25.5 Å². The Kier molecular flexibility index (Phi) is 5.51. The summed E-state index contributed by atoms with van der Waals surface area (Å²) >= 11 is 6.18. The Morgan fingerprint density at radius 1 is 1.11 bits per heavy atom. The summed E-state index contributed by atoms with van der Waals surface area (Å²) in [7, 11) is 1.56. The number of carbonyl (C=O) groups is 1. The van der Waals surface area contributed by atoms with Gasteiger partial charge in [0.1, 0.15) is 17.9 Å². The lowest BCUT2D eigenvalue weighted by Crippen LogP contribution is -2.10. The Balaban J connectivity index is 1.81. The molecule has 0 spiro atoms. The van der Waals surface area contributed by atoms with Gasteiger partial charge in [0.25, 0.3) is 0 Å². The first-order valence-corrected chi connectivity index (χ1v) is 8.77. The van der Waals surface area contributed by atoms with E-state index in [-0.39, 0.29) is 13.0 Å². The molecule has 2 aromatic carbocycles. The van der Waals surface area contributed by atoms with Crippen molar-refractivity contribution in [3.63, 3.8) is 0 Å². The van der Waals surface area contributed by atoms with Crippen LogP contribution in [0.25, 0.3) is 11.0 Å². The third-order valence-electron chi connectivity index (χ3n) is 4.27. The molecule has 0 saturated heterocycles. The van der Waals surface area contributed by atoms with Crippen LogP contribution in [0.1, 0.15) is 22.3 Å². The lowest BCUT2D eigenvalue weighted by molar-refractivity contribution is -0.144. The second-order valence-corrected chi connectivity index (χ2v) is 6.75. The molecule has 0 aliphatic rings. The van der Waals surface area contributed by atoms with Crippen LogP contribution in [0.3, 0.4) is 0 Å². The highest BCUT2D eigenvalue weighted by molar-refractivity contribution is 6.32. The number of halogens is 1. The van der Waals surface area contributed by atoms with Crippen molar-refractivity contribution in [2.75, 3.05) is 7.11 Å². The molecule has 0 aliphatic carbocycles. The lowest BCUT2D eigenvalue weighted by Gasteiger charge is -2.11. The van der Waals surface area contributed by atoms with Crippen molar-refractivity contribution in [1.29, 1.82) is 0 Å². The summed E-state index contributed by atoms with van der Waals surface area (Å²) in [4.78, 5) is 24.1. The van der Waals surface area contributed by atoms with Crippen LogP contribution in [0.15, 0.2) is 45.6 Å². The molecule has 0 aliphatic heterocycles. The highest BCUT2D eigenvalue weighted by Gasteiger charge is 2.13. The Labute approximate surface area is 161 Å². The second kappa shape index (κ2) is 7.84. The molecular weight excluding hydrogens is 368 g/mol. The molecule has 0 amide bonds. The number of aryl methyl sites for hydroxylation is 2. The monoisotopic (exact) mass is 386 g/mol. The molecule has 1 aromatic heterocycles. The molecule has 0 fully saturated rings. The van der Waals surface area contributed by atoms with E-state index in [9.17, 15) is 9.59 Å². The van der Waals surface area contributed by atoms with Crippen LogP contribution >= 0.6 is 11.6 Å². The quantitative estimate of drug-likeness (QED) is 0.481. The largest absolute Gasteiger partial charge is 0.496 e. The zero-order valence-electron chi connectivity index (χ0n) is 15.3. The molecule has 6 heteroatoms. The maximum Gasteiger partial charge on any atom is 0.336 e. The number of methoxy groups -OCH3 is 1. The molecule has 0 radical (unpaired) electrons. The third kappa shape index (κ3) is 4.31. The number of carbonyl (C=O) groups excluding carboxylic acids is 1. The maximum absolute atomic E-state index is 12.3. The van der Waals surface area contributed by atoms with Gasteiger partial charge in [0.15, 0.2) is 0 Å².